The molecule has 0 saturated heterocycles. The van der Waals surface area contributed by atoms with Gasteiger partial charge in [0.1, 0.15) is 23.0 Å². The second-order valence-electron chi connectivity index (χ2n) is 7.76. The van der Waals surface area contributed by atoms with E-state index in [2.05, 4.69) is 5.32 Å². The predicted molar refractivity (Wildman–Crippen MR) is 107 cm³/mol. The van der Waals surface area contributed by atoms with Crippen LogP contribution in [-0.2, 0) is 28.9 Å². The molecule has 0 radical (unpaired) electrons. The summed E-state index contributed by atoms with van der Waals surface area (Å²) in [5, 5.41) is 13.1. The molecule has 1 unspecified atom stereocenters. The summed E-state index contributed by atoms with van der Waals surface area (Å²) >= 11 is 0. The highest BCUT2D eigenvalue weighted by Crippen LogP contribution is 2.37. The van der Waals surface area contributed by atoms with Gasteiger partial charge in [-0.2, -0.15) is 0 Å². The standard InChI is InChI=1S/C22H23NO6/c1-10-14-8-16-13-6-4-5-7-17(13)28-20(16)11(2)19(14)29-22(27)15(10)9-18(24)23-12(3)21(25)26/h8,12H,4-7,9H2,1-3H3,(H,23,24)(H,25,26). The van der Waals surface area contributed by atoms with Gasteiger partial charge in [-0.15, -0.1) is 0 Å². The number of hydrogen-bond donors (Lipinski definition) is 2. The monoisotopic (exact) mass is 397 g/mol. The normalized spacial score (nSPS) is 14.7. The maximum absolute atomic E-state index is 12.6. The van der Waals surface area contributed by atoms with Crippen molar-refractivity contribution >= 4 is 33.8 Å². The summed E-state index contributed by atoms with van der Waals surface area (Å²) in [6, 6.07) is 0.958. The molecule has 0 saturated carbocycles. The Balaban J connectivity index is 1.83. The van der Waals surface area contributed by atoms with E-state index in [0.29, 0.717) is 11.1 Å². The summed E-state index contributed by atoms with van der Waals surface area (Å²) in [4.78, 5) is 35.8. The van der Waals surface area contributed by atoms with Crippen molar-refractivity contribution < 1.29 is 23.5 Å². The summed E-state index contributed by atoms with van der Waals surface area (Å²) in [5.41, 5.74) is 3.54. The van der Waals surface area contributed by atoms with Gasteiger partial charge in [0, 0.05) is 28.3 Å². The van der Waals surface area contributed by atoms with E-state index < -0.39 is 23.5 Å². The predicted octanol–water partition coefficient (Wildman–Crippen LogP) is 3.17. The number of amides is 1. The number of nitrogens with one attached hydrogen (secondary N) is 1. The van der Waals surface area contributed by atoms with Crippen molar-refractivity contribution in [3.05, 3.63) is 44.5 Å². The maximum Gasteiger partial charge on any atom is 0.340 e. The Morgan fingerprint density at radius 1 is 1.10 bits per heavy atom. The van der Waals surface area contributed by atoms with Gasteiger partial charge in [0.05, 0.1) is 12.0 Å². The molecule has 152 valence electrons. The lowest BCUT2D eigenvalue weighted by Gasteiger charge is -2.12. The molecule has 1 aliphatic carbocycles. The van der Waals surface area contributed by atoms with E-state index in [-0.39, 0.29) is 12.0 Å². The van der Waals surface area contributed by atoms with Gasteiger partial charge in [-0.05, 0) is 51.7 Å². The van der Waals surface area contributed by atoms with Crippen molar-refractivity contribution in [1.29, 1.82) is 0 Å². The summed E-state index contributed by atoms with van der Waals surface area (Å²) < 4.78 is 11.7. The van der Waals surface area contributed by atoms with E-state index in [4.69, 9.17) is 13.9 Å². The lowest BCUT2D eigenvalue weighted by atomic mass is 9.93. The molecule has 7 heteroatoms. The summed E-state index contributed by atoms with van der Waals surface area (Å²) in [6.07, 6.45) is 3.87. The number of benzene rings is 1. The highest BCUT2D eigenvalue weighted by Gasteiger charge is 2.24. The molecule has 4 rings (SSSR count). The zero-order chi connectivity index (χ0) is 20.9. The Morgan fingerprint density at radius 3 is 2.52 bits per heavy atom. The number of carboxylic acids is 1. The van der Waals surface area contributed by atoms with Crippen molar-refractivity contribution in [2.45, 2.75) is 58.9 Å². The van der Waals surface area contributed by atoms with E-state index in [9.17, 15) is 14.4 Å². The first kappa shape index (κ1) is 19.2. The fourth-order valence-corrected chi connectivity index (χ4v) is 4.14. The molecule has 1 atom stereocenters. The second-order valence-corrected chi connectivity index (χ2v) is 7.76. The van der Waals surface area contributed by atoms with Crippen LogP contribution in [0.3, 0.4) is 0 Å². The van der Waals surface area contributed by atoms with Gasteiger partial charge < -0.3 is 19.3 Å². The Labute approximate surface area is 166 Å². The van der Waals surface area contributed by atoms with E-state index in [1.54, 1.807) is 6.92 Å². The third kappa shape index (κ3) is 3.20. The zero-order valence-corrected chi connectivity index (χ0v) is 16.7. The van der Waals surface area contributed by atoms with Gasteiger partial charge >= 0.3 is 11.6 Å². The molecule has 1 amide bonds. The topological polar surface area (TPSA) is 110 Å². The van der Waals surface area contributed by atoms with Gasteiger partial charge in [0.25, 0.3) is 0 Å². The minimum atomic E-state index is -1.14. The van der Waals surface area contributed by atoms with Crippen LogP contribution in [0.25, 0.3) is 21.9 Å². The van der Waals surface area contributed by atoms with Gasteiger partial charge in [-0.25, -0.2) is 4.79 Å². The van der Waals surface area contributed by atoms with Crippen LogP contribution in [0.4, 0.5) is 0 Å². The van der Waals surface area contributed by atoms with Crippen molar-refractivity contribution in [1.82, 2.24) is 5.32 Å². The lowest BCUT2D eigenvalue weighted by Crippen LogP contribution is -2.39. The third-order valence-corrected chi connectivity index (χ3v) is 5.81. The molecule has 3 aromatic rings. The summed E-state index contributed by atoms with van der Waals surface area (Å²) in [5.74, 6) is -0.663. The molecule has 1 aromatic carbocycles. The molecule has 0 bridgehead atoms. The smallest absolute Gasteiger partial charge is 0.340 e. The molecule has 7 nitrogen and oxygen atoms in total. The number of aryl methyl sites for hydroxylation is 4. The van der Waals surface area contributed by atoms with Crippen molar-refractivity contribution in [2.75, 3.05) is 0 Å². The first-order valence-electron chi connectivity index (χ1n) is 9.80. The minimum Gasteiger partial charge on any atom is -0.480 e. The van der Waals surface area contributed by atoms with E-state index in [0.717, 1.165) is 53.4 Å². The Hall–Kier alpha value is -3.09. The van der Waals surface area contributed by atoms with Crippen molar-refractivity contribution in [3.8, 4) is 0 Å². The number of hydrogen-bond acceptors (Lipinski definition) is 5. The number of fused-ring (bicyclic) bond motifs is 4. The molecule has 1 aliphatic rings. The summed E-state index contributed by atoms with van der Waals surface area (Å²) in [7, 11) is 0. The average molecular weight is 397 g/mol. The maximum atomic E-state index is 12.6. The fourth-order valence-electron chi connectivity index (χ4n) is 4.14. The first-order chi connectivity index (χ1) is 13.8. The van der Waals surface area contributed by atoms with Crippen LogP contribution in [0.15, 0.2) is 19.7 Å². The average Bonchev–Trinajstić information content (AvgIpc) is 3.05. The quantitative estimate of drug-likeness (QED) is 0.655. The largest absolute Gasteiger partial charge is 0.480 e. The number of rotatable bonds is 4. The molecule has 0 fully saturated rings. The van der Waals surface area contributed by atoms with Crippen LogP contribution in [0.2, 0.25) is 0 Å². The van der Waals surface area contributed by atoms with Crippen LogP contribution >= 0.6 is 0 Å². The van der Waals surface area contributed by atoms with E-state index in [1.165, 1.54) is 12.5 Å². The van der Waals surface area contributed by atoms with Crippen LogP contribution in [0.1, 0.15) is 47.8 Å². The SMILES string of the molecule is Cc1c(CC(=O)NC(C)C(=O)O)c(=O)oc2c(C)c3oc4c(c3cc12)CCCC4. The van der Waals surface area contributed by atoms with Crippen molar-refractivity contribution in [3.63, 3.8) is 0 Å². The Morgan fingerprint density at radius 2 is 1.79 bits per heavy atom. The van der Waals surface area contributed by atoms with E-state index in [1.807, 2.05) is 13.0 Å². The van der Waals surface area contributed by atoms with Crippen LogP contribution < -0.4 is 10.9 Å². The van der Waals surface area contributed by atoms with Crippen LogP contribution in [0, 0.1) is 13.8 Å². The highest BCUT2D eigenvalue weighted by atomic mass is 16.4. The molecular formula is C22H23NO6. The summed E-state index contributed by atoms with van der Waals surface area (Å²) in [6.45, 7) is 5.04. The van der Waals surface area contributed by atoms with Gasteiger partial charge in [-0.1, -0.05) is 0 Å². The zero-order valence-electron chi connectivity index (χ0n) is 16.7. The van der Waals surface area contributed by atoms with Gasteiger partial charge in [0.15, 0.2) is 0 Å². The molecule has 2 N–H and O–H groups in total. The molecule has 2 aromatic heterocycles. The first-order valence-corrected chi connectivity index (χ1v) is 9.80. The lowest BCUT2D eigenvalue weighted by molar-refractivity contribution is -0.141. The number of furan rings is 1. The number of carbonyl (C=O) groups excluding carboxylic acids is 1. The third-order valence-electron chi connectivity index (χ3n) is 5.81. The van der Waals surface area contributed by atoms with Crippen LogP contribution in [-0.4, -0.2) is 23.0 Å². The van der Waals surface area contributed by atoms with Crippen LogP contribution in [0.5, 0.6) is 0 Å². The molecule has 29 heavy (non-hydrogen) atoms. The minimum absolute atomic E-state index is 0.234. The van der Waals surface area contributed by atoms with Gasteiger partial charge in [-0.3, -0.25) is 9.59 Å². The second kappa shape index (κ2) is 7.06. The van der Waals surface area contributed by atoms with Crippen molar-refractivity contribution in [2.24, 2.45) is 0 Å². The number of carbonyl (C=O) groups is 2. The fraction of sp³-hybridized carbons (Fsp3) is 0.409. The van der Waals surface area contributed by atoms with Gasteiger partial charge in [0.2, 0.25) is 5.91 Å². The Bertz CT molecular complexity index is 1220. The molecule has 0 spiro atoms. The van der Waals surface area contributed by atoms with E-state index >= 15 is 0 Å². The Kier molecular flexibility index (Phi) is 4.68. The molecular weight excluding hydrogens is 374 g/mol. The molecule has 2 heterocycles. The molecule has 0 aliphatic heterocycles. The number of carboxylic acid groups (broad SMARTS) is 1. The highest BCUT2D eigenvalue weighted by molar-refractivity contribution is 6.00. The number of aliphatic carboxylic acids is 1.